The Morgan fingerprint density at radius 1 is 1.29 bits per heavy atom. The van der Waals surface area contributed by atoms with Crippen LogP contribution in [0.5, 0.6) is 0 Å². The highest BCUT2D eigenvalue weighted by atomic mass is 16.3. The average molecular weight is 288 g/mol. The Hall–Kier alpha value is -1.88. The van der Waals surface area contributed by atoms with Gasteiger partial charge in [0.15, 0.2) is 0 Å². The van der Waals surface area contributed by atoms with Crippen molar-refractivity contribution in [3.63, 3.8) is 0 Å². The molecular formula is C16H20N2O3. The summed E-state index contributed by atoms with van der Waals surface area (Å²) in [5, 5.41) is 15.9. The third-order valence-corrected chi connectivity index (χ3v) is 4.36. The van der Waals surface area contributed by atoms with Gasteiger partial charge in [0.2, 0.25) is 5.91 Å². The Morgan fingerprint density at radius 3 is 2.81 bits per heavy atom. The van der Waals surface area contributed by atoms with E-state index in [9.17, 15) is 14.7 Å². The topological polar surface area (TPSA) is 78.4 Å². The normalized spacial score (nSPS) is 19.8. The summed E-state index contributed by atoms with van der Waals surface area (Å²) in [5.41, 5.74) is 1.38. The van der Waals surface area contributed by atoms with Gasteiger partial charge >= 0.3 is 0 Å². The number of amides is 2. The van der Waals surface area contributed by atoms with Gasteiger partial charge in [0, 0.05) is 17.8 Å². The summed E-state index contributed by atoms with van der Waals surface area (Å²) in [5.74, 6) is -0.253. The molecule has 0 radical (unpaired) electrons. The first-order valence-corrected chi connectivity index (χ1v) is 7.49. The van der Waals surface area contributed by atoms with Crippen LogP contribution in [0.2, 0.25) is 0 Å². The third-order valence-electron chi connectivity index (χ3n) is 4.36. The van der Waals surface area contributed by atoms with E-state index in [0.717, 1.165) is 37.7 Å². The summed E-state index contributed by atoms with van der Waals surface area (Å²) in [6, 6.07) is 5.22. The molecule has 5 heteroatoms. The van der Waals surface area contributed by atoms with Gasteiger partial charge < -0.3 is 15.7 Å². The van der Waals surface area contributed by atoms with Gasteiger partial charge in [-0.2, -0.15) is 0 Å². The van der Waals surface area contributed by atoms with E-state index >= 15 is 0 Å². The summed E-state index contributed by atoms with van der Waals surface area (Å²) < 4.78 is 0. The fourth-order valence-electron chi connectivity index (χ4n) is 3.09. The van der Waals surface area contributed by atoms with Crippen molar-refractivity contribution in [1.29, 1.82) is 0 Å². The number of fused-ring (bicyclic) bond motifs is 1. The molecule has 1 aliphatic heterocycles. The van der Waals surface area contributed by atoms with Crippen molar-refractivity contribution in [1.82, 2.24) is 5.32 Å². The van der Waals surface area contributed by atoms with Crippen LogP contribution in [0.3, 0.4) is 0 Å². The smallest absolute Gasteiger partial charge is 0.251 e. The van der Waals surface area contributed by atoms with Gasteiger partial charge in [0.25, 0.3) is 5.91 Å². The number of benzene rings is 1. The molecule has 1 saturated carbocycles. The summed E-state index contributed by atoms with van der Waals surface area (Å²) in [7, 11) is 0. The van der Waals surface area contributed by atoms with E-state index in [4.69, 9.17) is 0 Å². The molecule has 21 heavy (non-hydrogen) atoms. The molecule has 112 valence electrons. The molecule has 5 nitrogen and oxygen atoms in total. The first-order chi connectivity index (χ1) is 10.1. The number of hydrogen-bond acceptors (Lipinski definition) is 3. The highest BCUT2D eigenvalue weighted by Gasteiger charge is 2.29. The zero-order chi connectivity index (χ0) is 14.9. The highest BCUT2D eigenvalue weighted by molar-refractivity contribution is 6.02. The van der Waals surface area contributed by atoms with Crippen LogP contribution < -0.4 is 10.6 Å². The standard InChI is InChI=1S/C16H20N2O3/c19-14-9-11-4-5-12(8-13(11)18-14)15(20)17-10-16(21)6-2-1-3-7-16/h4-5,8,21H,1-3,6-7,9-10H2,(H,17,20)(H,18,19). The van der Waals surface area contributed by atoms with Crippen molar-refractivity contribution in [2.75, 3.05) is 11.9 Å². The van der Waals surface area contributed by atoms with Gasteiger partial charge in [-0.25, -0.2) is 0 Å². The first-order valence-electron chi connectivity index (χ1n) is 7.49. The molecule has 0 unspecified atom stereocenters. The molecule has 1 aromatic carbocycles. The second kappa shape index (κ2) is 5.48. The van der Waals surface area contributed by atoms with Gasteiger partial charge in [-0.15, -0.1) is 0 Å². The van der Waals surface area contributed by atoms with Gasteiger partial charge in [0.05, 0.1) is 12.0 Å². The maximum absolute atomic E-state index is 12.2. The van der Waals surface area contributed by atoms with Crippen LogP contribution in [0.4, 0.5) is 5.69 Å². The largest absolute Gasteiger partial charge is 0.388 e. The second-order valence-corrected chi connectivity index (χ2v) is 6.06. The van der Waals surface area contributed by atoms with E-state index in [2.05, 4.69) is 10.6 Å². The van der Waals surface area contributed by atoms with Crippen LogP contribution in [0.25, 0.3) is 0 Å². The molecule has 1 fully saturated rings. The minimum Gasteiger partial charge on any atom is -0.388 e. The quantitative estimate of drug-likeness (QED) is 0.790. The number of rotatable bonds is 3. The number of nitrogens with one attached hydrogen (secondary N) is 2. The predicted molar refractivity (Wildman–Crippen MR) is 79.1 cm³/mol. The Kier molecular flexibility index (Phi) is 3.68. The van der Waals surface area contributed by atoms with E-state index in [1.807, 2.05) is 0 Å². The number of aliphatic hydroxyl groups is 1. The highest BCUT2D eigenvalue weighted by Crippen LogP contribution is 2.27. The Balaban J connectivity index is 1.63. The lowest BCUT2D eigenvalue weighted by Gasteiger charge is -2.32. The molecule has 0 saturated heterocycles. The van der Waals surface area contributed by atoms with Crippen molar-refractivity contribution in [3.8, 4) is 0 Å². The number of carbonyl (C=O) groups excluding carboxylic acids is 2. The molecule has 1 aliphatic carbocycles. The summed E-state index contributed by atoms with van der Waals surface area (Å²) in [6.45, 7) is 0.287. The molecule has 0 bridgehead atoms. The SMILES string of the molecule is O=C1Cc2ccc(C(=O)NCC3(O)CCCCC3)cc2N1. The van der Waals surface area contributed by atoms with E-state index in [1.165, 1.54) is 0 Å². The van der Waals surface area contributed by atoms with Crippen LogP contribution in [-0.2, 0) is 11.2 Å². The zero-order valence-electron chi connectivity index (χ0n) is 11.9. The van der Waals surface area contributed by atoms with Gasteiger partial charge in [-0.1, -0.05) is 25.3 Å². The van der Waals surface area contributed by atoms with Crippen LogP contribution in [0, 0.1) is 0 Å². The van der Waals surface area contributed by atoms with Crippen LogP contribution >= 0.6 is 0 Å². The molecule has 0 atom stereocenters. The average Bonchev–Trinajstić information content (AvgIpc) is 2.84. The van der Waals surface area contributed by atoms with Gasteiger partial charge in [-0.05, 0) is 30.5 Å². The maximum Gasteiger partial charge on any atom is 0.251 e. The molecular weight excluding hydrogens is 268 g/mol. The molecule has 0 aromatic heterocycles. The maximum atomic E-state index is 12.2. The lowest BCUT2D eigenvalue weighted by Crippen LogP contribution is -2.44. The molecule has 2 aliphatic rings. The molecule has 3 rings (SSSR count). The van der Waals surface area contributed by atoms with Crippen molar-refractivity contribution in [2.45, 2.75) is 44.1 Å². The summed E-state index contributed by atoms with van der Waals surface area (Å²) >= 11 is 0. The summed E-state index contributed by atoms with van der Waals surface area (Å²) in [6.07, 6.45) is 5.04. The second-order valence-electron chi connectivity index (χ2n) is 6.06. The minimum absolute atomic E-state index is 0.0425. The molecule has 3 N–H and O–H groups in total. The van der Waals surface area contributed by atoms with E-state index in [-0.39, 0.29) is 18.4 Å². The van der Waals surface area contributed by atoms with E-state index in [0.29, 0.717) is 17.7 Å². The number of anilines is 1. The van der Waals surface area contributed by atoms with Crippen molar-refractivity contribution >= 4 is 17.5 Å². The number of hydrogen-bond donors (Lipinski definition) is 3. The molecule has 2 amide bonds. The van der Waals surface area contributed by atoms with E-state index in [1.54, 1.807) is 18.2 Å². The third kappa shape index (κ3) is 3.08. The van der Waals surface area contributed by atoms with Crippen LogP contribution in [0.15, 0.2) is 18.2 Å². The molecule has 1 aromatic rings. The molecule has 0 spiro atoms. The van der Waals surface area contributed by atoms with Crippen molar-refractivity contribution in [2.24, 2.45) is 0 Å². The first kappa shape index (κ1) is 14.1. The summed E-state index contributed by atoms with van der Waals surface area (Å²) in [4.78, 5) is 23.5. The lowest BCUT2D eigenvalue weighted by atomic mass is 9.85. The lowest BCUT2D eigenvalue weighted by molar-refractivity contribution is -0.115. The molecule has 1 heterocycles. The van der Waals surface area contributed by atoms with Gasteiger partial charge in [-0.3, -0.25) is 9.59 Å². The zero-order valence-corrected chi connectivity index (χ0v) is 11.9. The van der Waals surface area contributed by atoms with Crippen LogP contribution in [-0.4, -0.2) is 29.1 Å². The van der Waals surface area contributed by atoms with Crippen molar-refractivity contribution < 1.29 is 14.7 Å². The predicted octanol–water partition coefficient (Wildman–Crippen LogP) is 1.61. The Morgan fingerprint density at radius 2 is 2.05 bits per heavy atom. The fourth-order valence-corrected chi connectivity index (χ4v) is 3.09. The Bertz CT molecular complexity index is 577. The van der Waals surface area contributed by atoms with Crippen LogP contribution in [0.1, 0.15) is 48.0 Å². The monoisotopic (exact) mass is 288 g/mol. The van der Waals surface area contributed by atoms with E-state index < -0.39 is 5.60 Å². The number of carbonyl (C=O) groups is 2. The Labute approximate surface area is 123 Å². The minimum atomic E-state index is -0.765. The van der Waals surface area contributed by atoms with Gasteiger partial charge in [0.1, 0.15) is 0 Å². The van der Waals surface area contributed by atoms with Crippen molar-refractivity contribution in [3.05, 3.63) is 29.3 Å². The fraction of sp³-hybridized carbons (Fsp3) is 0.500.